The third-order valence-corrected chi connectivity index (χ3v) is 6.31. The van der Waals surface area contributed by atoms with Gasteiger partial charge in [0.1, 0.15) is 5.82 Å². The molecule has 1 unspecified atom stereocenters. The Kier molecular flexibility index (Phi) is 6.56. The van der Waals surface area contributed by atoms with Crippen LogP contribution >= 0.6 is 0 Å². The molecule has 1 aliphatic heterocycles. The summed E-state index contributed by atoms with van der Waals surface area (Å²) in [4.78, 5) is 18.7. The first-order valence-electron chi connectivity index (χ1n) is 11.0. The molecule has 3 aromatic rings. The molecule has 1 amide bonds. The van der Waals surface area contributed by atoms with Crippen molar-refractivity contribution < 1.29 is 10.6 Å². The molecular formula is C27H32FN3O. The monoisotopic (exact) mass is 433 g/mol. The summed E-state index contributed by atoms with van der Waals surface area (Å²) in [6.07, 6.45) is 1.84. The van der Waals surface area contributed by atoms with Crippen LogP contribution in [0.25, 0.3) is 0 Å². The van der Waals surface area contributed by atoms with Crippen molar-refractivity contribution in [1.29, 1.82) is 0 Å². The van der Waals surface area contributed by atoms with Crippen molar-refractivity contribution in [2.24, 2.45) is 0 Å². The Balaban J connectivity index is 0.00000306. The van der Waals surface area contributed by atoms with Crippen LogP contribution in [0.5, 0.6) is 0 Å². The predicted molar refractivity (Wildman–Crippen MR) is 131 cm³/mol. The average Bonchev–Trinajstić information content (AvgIpc) is 3.30. The zero-order valence-corrected chi connectivity index (χ0v) is 19.0. The van der Waals surface area contributed by atoms with Gasteiger partial charge in [-0.1, -0.05) is 42.5 Å². The maximum absolute atomic E-state index is 14.9. The van der Waals surface area contributed by atoms with Gasteiger partial charge in [0.05, 0.1) is 5.69 Å². The summed E-state index contributed by atoms with van der Waals surface area (Å²) in [7, 11) is 5.80. The summed E-state index contributed by atoms with van der Waals surface area (Å²) in [5.74, 6) is -0.447. The van der Waals surface area contributed by atoms with Crippen molar-refractivity contribution in [3.05, 3.63) is 95.3 Å². The maximum atomic E-state index is 14.9. The number of amides is 1. The van der Waals surface area contributed by atoms with E-state index in [4.69, 9.17) is 0 Å². The van der Waals surface area contributed by atoms with Crippen LogP contribution in [0.1, 0.15) is 29.3 Å². The van der Waals surface area contributed by atoms with E-state index in [1.54, 1.807) is 13.1 Å². The minimum Gasteiger partial charge on any atom is -0.368 e. The summed E-state index contributed by atoms with van der Waals surface area (Å²) < 4.78 is 14.9. The molecule has 32 heavy (non-hydrogen) atoms. The van der Waals surface area contributed by atoms with Crippen LogP contribution in [0.4, 0.5) is 15.8 Å². The molecule has 3 aromatic carbocycles. The van der Waals surface area contributed by atoms with E-state index >= 15 is 0 Å². The zero-order valence-electron chi connectivity index (χ0n) is 19.0. The molecule has 1 fully saturated rings. The van der Waals surface area contributed by atoms with E-state index in [0.29, 0.717) is 23.0 Å². The first-order valence-corrected chi connectivity index (χ1v) is 11.0. The summed E-state index contributed by atoms with van der Waals surface area (Å²) in [5.41, 5.74) is 4.11. The quantitative estimate of drug-likeness (QED) is 0.542. The fourth-order valence-corrected chi connectivity index (χ4v) is 4.25. The molecule has 1 atom stereocenters. The molecule has 0 radical (unpaired) electrons. The van der Waals surface area contributed by atoms with Gasteiger partial charge < -0.3 is 14.7 Å². The Morgan fingerprint density at radius 1 is 1.00 bits per heavy atom. The number of rotatable bonds is 6. The van der Waals surface area contributed by atoms with Crippen LogP contribution < -0.4 is 9.80 Å². The molecular weight excluding hydrogens is 401 g/mol. The van der Waals surface area contributed by atoms with Crippen molar-refractivity contribution in [3.8, 4) is 0 Å². The molecule has 1 heterocycles. The van der Waals surface area contributed by atoms with Crippen LogP contribution in [-0.4, -0.2) is 51.1 Å². The summed E-state index contributed by atoms with van der Waals surface area (Å²) in [6.45, 7) is 1.65. The van der Waals surface area contributed by atoms with E-state index in [1.165, 1.54) is 16.5 Å². The predicted octanol–water partition coefficient (Wildman–Crippen LogP) is 5.08. The Labute approximate surface area is 191 Å². The van der Waals surface area contributed by atoms with Gasteiger partial charge in [0, 0.05) is 38.9 Å². The highest BCUT2D eigenvalue weighted by molar-refractivity contribution is 6.05. The van der Waals surface area contributed by atoms with Crippen molar-refractivity contribution in [2.75, 3.05) is 44.0 Å². The molecule has 0 saturated carbocycles. The zero-order chi connectivity index (χ0) is 22.7. The van der Waals surface area contributed by atoms with Crippen LogP contribution in [-0.2, 0) is 6.42 Å². The molecule has 4 nitrogen and oxygen atoms in total. The van der Waals surface area contributed by atoms with Gasteiger partial charge in [-0.2, -0.15) is 0 Å². The summed E-state index contributed by atoms with van der Waals surface area (Å²) in [5, 5.41) is 0. The van der Waals surface area contributed by atoms with E-state index in [-0.39, 0.29) is 13.2 Å². The number of halogens is 1. The van der Waals surface area contributed by atoms with Crippen molar-refractivity contribution in [2.45, 2.75) is 18.9 Å². The molecule has 0 N–H and O–H groups in total. The standard InChI is InChI=1S/C27H30FN3O.H2/c1-29(2)24-15-16-31(19-24)26-14-13-23(18-25(26)28)30(3)27(32)22-11-9-21(10-12-22)17-20-7-5-4-6-8-20;/h4-14,18,24H,15-17,19H2,1-3H3;1H. The number of anilines is 2. The van der Waals surface area contributed by atoms with Crippen LogP contribution in [0.15, 0.2) is 72.8 Å². The highest BCUT2D eigenvalue weighted by atomic mass is 19.1. The number of hydrogen-bond acceptors (Lipinski definition) is 3. The molecule has 168 valence electrons. The second-order valence-corrected chi connectivity index (χ2v) is 8.71. The lowest BCUT2D eigenvalue weighted by Crippen LogP contribution is -2.31. The number of hydrogen-bond donors (Lipinski definition) is 0. The van der Waals surface area contributed by atoms with E-state index < -0.39 is 0 Å². The molecule has 0 bridgehead atoms. The van der Waals surface area contributed by atoms with Crippen molar-refractivity contribution >= 4 is 17.3 Å². The van der Waals surface area contributed by atoms with E-state index in [2.05, 4.69) is 36.0 Å². The SMILES string of the molecule is CN(C(=O)c1ccc(Cc2ccccc2)cc1)c1ccc(N2CCC(N(C)C)C2)c(F)c1.[HH]. The molecule has 5 heteroatoms. The Morgan fingerprint density at radius 3 is 2.31 bits per heavy atom. The Hall–Kier alpha value is -3.18. The summed E-state index contributed by atoms with van der Waals surface area (Å²) >= 11 is 0. The number of nitrogens with zero attached hydrogens (tertiary/aromatic N) is 3. The molecule has 0 spiro atoms. The Bertz CT molecular complexity index is 1070. The van der Waals surface area contributed by atoms with Gasteiger partial charge in [0.15, 0.2) is 0 Å². The van der Waals surface area contributed by atoms with Crippen LogP contribution in [0.2, 0.25) is 0 Å². The number of benzene rings is 3. The van der Waals surface area contributed by atoms with Gasteiger partial charge in [0.25, 0.3) is 5.91 Å². The van der Waals surface area contributed by atoms with Gasteiger partial charge in [-0.25, -0.2) is 4.39 Å². The Morgan fingerprint density at radius 2 is 1.69 bits per heavy atom. The molecule has 4 rings (SSSR count). The molecule has 0 aromatic heterocycles. The van der Waals surface area contributed by atoms with Gasteiger partial charge in [-0.15, -0.1) is 0 Å². The number of likely N-dealkylation sites (N-methyl/N-ethyl adjacent to an activating group) is 1. The minimum absolute atomic E-state index is 0. The minimum atomic E-state index is -0.292. The number of carbonyl (C=O) groups excluding carboxylic acids is 1. The van der Waals surface area contributed by atoms with Crippen LogP contribution in [0.3, 0.4) is 0 Å². The van der Waals surface area contributed by atoms with Crippen LogP contribution in [0, 0.1) is 5.82 Å². The molecule has 1 saturated heterocycles. The lowest BCUT2D eigenvalue weighted by Gasteiger charge is -2.24. The lowest BCUT2D eigenvalue weighted by molar-refractivity contribution is 0.0993. The summed E-state index contributed by atoms with van der Waals surface area (Å²) in [6, 6.07) is 23.4. The average molecular weight is 434 g/mol. The fraction of sp³-hybridized carbons (Fsp3) is 0.296. The molecule has 0 aliphatic carbocycles. The van der Waals surface area contributed by atoms with Crippen molar-refractivity contribution in [3.63, 3.8) is 0 Å². The van der Waals surface area contributed by atoms with Gasteiger partial charge >= 0.3 is 0 Å². The highest BCUT2D eigenvalue weighted by Gasteiger charge is 2.26. The van der Waals surface area contributed by atoms with E-state index in [0.717, 1.165) is 31.5 Å². The first kappa shape index (κ1) is 22.0. The third-order valence-electron chi connectivity index (χ3n) is 6.31. The second kappa shape index (κ2) is 9.53. The second-order valence-electron chi connectivity index (χ2n) is 8.71. The van der Waals surface area contributed by atoms with Crippen molar-refractivity contribution in [1.82, 2.24) is 4.90 Å². The smallest absolute Gasteiger partial charge is 0.258 e. The lowest BCUT2D eigenvalue weighted by atomic mass is 10.0. The van der Waals surface area contributed by atoms with E-state index in [1.807, 2.05) is 48.5 Å². The normalized spacial score (nSPS) is 15.9. The maximum Gasteiger partial charge on any atom is 0.258 e. The topological polar surface area (TPSA) is 26.8 Å². The van der Waals surface area contributed by atoms with Gasteiger partial charge in [-0.05, 0) is 68.4 Å². The fourth-order valence-electron chi connectivity index (χ4n) is 4.25. The first-order chi connectivity index (χ1) is 15.4. The van der Waals surface area contributed by atoms with E-state index in [9.17, 15) is 9.18 Å². The third kappa shape index (κ3) is 4.83. The highest BCUT2D eigenvalue weighted by Crippen LogP contribution is 2.29. The number of carbonyl (C=O) groups is 1. The largest absolute Gasteiger partial charge is 0.368 e. The van der Waals surface area contributed by atoms with Gasteiger partial charge in [-0.3, -0.25) is 4.79 Å². The van der Waals surface area contributed by atoms with Gasteiger partial charge in [0.2, 0.25) is 0 Å². The molecule has 1 aliphatic rings.